The van der Waals surface area contributed by atoms with Crippen molar-refractivity contribution in [1.82, 2.24) is 20.0 Å². The molecule has 0 radical (unpaired) electrons. The van der Waals surface area contributed by atoms with E-state index in [1.807, 2.05) is 44.3 Å². The molecule has 3 atom stereocenters. The number of nitrogens with zero attached hydrogens (tertiary/aromatic N) is 3. The molecule has 0 spiro atoms. The standard InChI is InChI=1S/C20H25ClN4O2/c1-3-25-10-18(13(2)23-25)20(26)22-16-8-17-12-27-19(11-24(17)9-16)14-4-6-15(21)7-5-14/h4-7,10,16-17,19H,3,8-9,11-12H2,1-2H3,(H,22,26)/t16-,17+,19-/m1/s1. The normalized spacial score (nSPS) is 25.4. The van der Waals surface area contributed by atoms with Crippen molar-refractivity contribution in [3.8, 4) is 0 Å². The first kappa shape index (κ1) is 18.5. The molecule has 3 heterocycles. The third-order valence-corrected chi connectivity index (χ3v) is 5.76. The predicted molar refractivity (Wildman–Crippen MR) is 104 cm³/mol. The molecule has 1 aromatic carbocycles. The largest absolute Gasteiger partial charge is 0.371 e. The molecule has 0 saturated carbocycles. The van der Waals surface area contributed by atoms with E-state index in [4.69, 9.17) is 16.3 Å². The lowest BCUT2D eigenvalue weighted by Gasteiger charge is -2.35. The van der Waals surface area contributed by atoms with Crippen molar-refractivity contribution in [2.75, 3.05) is 19.7 Å². The lowest BCUT2D eigenvalue weighted by atomic mass is 10.1. The molecule has 27 heavy (non-hydrogen) atoms. The van der Waals surface area contributed by atoms with Crippen LogP contribution in [0.1, 0.15) is 41.1 Å². The van der Waals surface area contributed by atoms with Crippen LogP contribution in [0.2, 0.25) is 5.02 Å². The summed E-state index contributed by atoms with van der Waals surface area (Å²) < 4.78 is 7.88. The Morgan fingerprint density at radius 2 is 2.11 bits per heavy atom. The van der Waals surface area contributed by atoms with Crippen LogP contribution in [0.25, 0.3) is 0 Å². The van der Waals surface area contributed by atoms with Gasteiger partial charge in [0.1, 0.15) is 0 Å². The zero-order valence-electron chi connectivity index (χ0n) is 15.7. The first-order valence-electron chi connectivity index (χ1n) is 9.49. The number of hydrogen-bond acceptors (Lipinski definition) is 4. The summed E-state index contributed by atoms with van der Waals surface area (Å²) in [6.45, 7) is 7.03. The van der Waals surface area contributed by atoms with Crippen LogP contribution in [0, 0.1) is 6.92 Å². The maximum absolute atomic E-state index is 12.6. The van der Waals surface area contributed by atoms with Crippen LogP contribution in [0.5, 0.6) is 0 Å². The molecule has 2 fully saturated rings. The van der Waals surface area contributed by atoms with Gasteiger partial charge in [0, 0.05) is 42.9 Å². The number of ether oxygens (including phenoxy) is 1. The summed E-state index contributed by atoms with van der Waals surface area (Å²) in [5, 5.41) is 8.28. The number of amides is 1. The molecule has 0 unspecified atom stereocenters. The van der Waals surface area contributed by atoms with Crippen LogP contribution >= 0.6 is 11.6 Å². The first-order chi connectivity index (χ1) is 13.0. The van der Waals surface area contributed by atoms with Gasteiger partial charge in [-0.05, 0) is 38.0 Å². The van der Waals surface area contributed by atoms with Crippen molar-refractivity contribution in [3.63, 3.8) is 0 Å². The van der Waals surface area contributed by atoms with Gasteiger partial charge in [0.25, 0.3) is 5.91 Å². The first-order valence-corrected chi connectivity index (χ1v) is 9.87. The molecular formula is C20H25ClN4O2. The summed E-state index contributed by atoms with van der Waals surface area (Å²) >= 11 is 5.98. The van der Waals surface area contributed by atoms with E-state index < -0.39 is 0 Å². The maximum Gasteiger partial charge on any atom is 0.255 e. The third-order valence-electron chi connectivity index (χ3n) is 5.51. The molecule has 2 aromatic rings. The maximum atomic E-state index is 12.6. The number of aryl methyl sites for hydroxylation is 2. The third kappa shape index (κ3) is 3.88. The van der Waals surface area contributed by atoms with Crippen molar-refractivity contribution in [1.29, 1.82) is 0 Å². The van der Waals surface area contributed by atoms with E-state index in [1.165, 1.54) is 0 Å². The number of carbonyl (C=O) groups is 1. The lowest BCUT2D eigenvalue weighted by molar-refractivity contribution is -0.0502. The van der Waals surface area contributed by atoms with Gasteiger partial charge in [-0.15, -0.1) is 0 Å². The zero-order valence-corrected chi connectivity index (χ0v) is 16.4. The van der Waals surface area contributed by atoms with Gasteiger partial charge in [0.15, 0.2) is 0 Å². The fourth-order valence-electron chi connectivity index (χ4n) is 4.02. The highest BCUT2D eigenvalue weighted by atomic mass is 35.5. The molecule has 4 rings (SSSR count). The highest BCUT2D eigenvalue weighted by Crippen LogP contribution is 2.31. The number of nitrogens with one attached hydrogen (secondary N) is 1. The van der Waals surface area contributed by atoms with Crippen LogP contribution < -0.4 is 5.32 Å². The SMILES string of the molecule is CCn1cc(C(=O)N[C@@H]2C[C@H]3CO[C@@H](c4ccc(Cl)cc4)CN3C2)c(C)n1. The topological polar surface area (TPSA) is 59.4 Å². The monoisotopic (exact) mass is 388 g/mol. The molecule has 2 aliphatic rings. The summed E-state index contributed by atoms with van der Waals surface area (Å²) in [5.41, 5.74) is 2.58. The van der Waals surface area contributed by atoms with Gasteiger partial charge in [0.05, 0.1) is 24.0 Å². The van der Waals surface area contributed by atoms with E-state index in [9.17, 15) is 4.79 Å². The van der Waals surface area contributed by atoms with Crippen molar-refractivity contribution >= 4 is 17.5 Å². The Hall–Kier alpha value is -1.89. The number of hydrogen-bond donors (Lipinski definition) is 1. The van der Waals surface area contributed by atoms with Crippen LogP contribution in [0.4, 0.5) is 0 Å². The number of fused-ring (bicyclic) bond motifs is 1. The van der Waals surface area contributed by atoms with E-state index in [-0.39, 0.29) is 18.1 Å². The van der Waals surface area contributed by atoms with Crippen molar-refractivity contribution < 1.29 is 9.53 Å². The minimum Gasteiger partial charge on any atom is -0.371 e. The van der Waals surface area contributed by atoms with Crippen LogP contribution in [0.3, 0.4) is 0 Å². The van der Waals surface area contributed by atoms with E-state index in [2.05, 4.69) is 15.3 Å². The number of halogens is 1. The van der Waals surface area contributed by atoms with Gasteiger partial charge in [-0.25, -0.2) is 0 Å². The smallest absolute Gasteiger partial charge is 0.255 e. The van der Waals surface area contributed by atoms with Gasteiger partial charge in [-0.3, -0.25) is 14.4 Å². The van der Waals surface area contributed by atoms with Gasteiger partial charge >= 0.3 is 0 Å². The zero-order chi connectivity index (χ0) is 19.0. The van der Waals surface area contributed by atoms with Crippen LogP contribution in [0.15, 0.2) is 30.5 Å². The molecule has 0 aliphatic carbocycles. The molecule has 0 bridgehead atoms. The van der Waals surface area contributed by atoms with Gasteiger partial charge < -0.3 is 10.1 Å². The van der Waals surface area contributed by atoms with E-state index in [0.29, 0.717) is 18.2 Å². The number of aromatic nitrogens is 2. The van der Waals surface area contributed by atoms with Gasteiger partial charge in [-0.1, -0.05) is 23.7 Å². The van der Waals surface area contributed by atoms with Gasteiger partial charge in [0.2, 0.25) is 0 Å². The van der Waals surface area contributed by atoms with Gasteiger partial charge in [-0.2, -0.15) is 5.10 Å². The minimum atomic E-state index is -0.0350. The number of benzene rings is 1. The average Bonchev–Trinajstić information content (AvgIpc) is 3.24. The minimum absolute atomic E-state index is 0.0350. The fraction of sp³-hybridized carbons (Fsp3) is 0.500. The molecule has 1 aromatic heterocycles. The lowest BCUT2D eigenvalue weighted by Crippen LogP contribution is -2.43. The fourth-order valence-corrected chi connectivity index (χ4v) is 4.15. The summed E-state index contributed by atoms with van der Waals surface area (Å²) in [6.07, 6.45) is 2.80. The van der Waals surface area contributed by atoms with Crippen LogP contribution in [-0.2, 0) is 11.3 Å². The molecule has 144 valence electrons. The molecule has 7 heteroatoms. The number of carbonyl (C=O) groups excluding carboxylic acids is 1. The predicted octanol–water partition coefficient (Wildman–Crippen LogP) is 2.81. The molecule has 2 aliphatic heterocycles. The van der Waals surface area contributed by atoms with Crippen LogP contribution in [-0.4, -0.2) is 52.4 Å². The highest BCUT2D eigenvalue weighted by molar-refractivity contribution is 6.30. The Morgan fingerprint density at radius 3 is 2.81 bits per heavy atom. The summed E-state index contributed by atoms with van der Waals surface area (Å²) in [4.78, 5) is 15.1. The Balaban J connectivity index is 1.37. The van der Waals surface area contributed by atoms with Crippen molar-refractivity contribution in [2.45, 2.75) is 45.0 Å². The second-order valence-electron chi connectivity index (χ2n) is 7.37. The van der Waals surface area contributed by atoms with E-state index >= 15 is 0 Å². The van der Waals surface area contributed by atoms with Crippen molar-refractivity contribution in [2.24, 2.45) is 0 Å². The molecule has 1 amide bonds. The van der Waals surface area contributed by atoms with E-state index in [1.54, 1.807) is 4.68 Å². The average molecular weight is 389 g/mol. The Kier molecular flexibility index (Phi) is 5.21. The van der Waals surface area contributed by atoms with E-state index in [0.717, 1.165) is 42.3 Å². The highest BCUT2D eigenvalue weighted by Gasteiger charge is 2.38. The second kappa shape index (κ2) is 7.62. The Labute approximate surface area is 164 Å². The molecular weight excluding hydrogens is 364 g/mol. The summed E-state index contributed by atoms with van der Waals surface area (Å²) in [5.74, 6) is -0.0350. The molecule has 6 nitrogen and oxygen atoms in total. The second-order valence-corrected chi connectivity index (χ2v) is 7.81. The number of rotatable bonds is 4. The van der Waals surface area contributed by atoms with Crippen molar-refractivity contribution in [3.05, 3.63) is 52.3 Å². The number of morpholine rings is 1. The quantitative estimate of drug-likeness (QED) is 0.875. The Bertz CT molecular complexity index is 820. The summed E-state index contributed by atoms with van der Waals surface area (Å²) in [6, 6.07) is 8.35. The summed E-state index contributed by atoms with van der Waals surface area (Å²) in [7, 11) is 0. The molecule has 1 N–H and O–H groups in total. The Morgan fingerprint density at radius 1 is 1.33 bits per heavy atom. The molecule has 2 saturated heterocycles.